The Bertz CT molecular complexity index is 226. The van der Waals surface area contributed by atoms with Gasteiger partial charge in [0, 0.05) is 6.04 Å². The lowest BCUT2D eigenvalue weighted by Crippen LogP contribution is -2.37. The highest BCUT2D eigenvalue weighted by Gasteiger charge is 2.40. The maximum absolute atomic E-state index is 11.4. The number of ketones is 1. The third-order valence-corrected chi connectivity index (χ3v) is 4.13. The molecule has 0 aromatic carbocycles. The van der Waals surface area contributed by atoms with E-state index in [0.29, 0.717) is 11.8 Å². The topological polar surface area (TPSA) is 20.3 Å². The summed E-state index contributed by atoms with van der Waals surface area (Å²) in [5.74, 6) is 1.16. The summed E-state index contributed by atoms with van der Waals surface area (Å²) in [6.45, 7) is 1.74. The molecule has 0 bridgehead atoms. The van der Waals surface area contributed by atoms with Crippen LogP contribution in [0.25, 0.3) is 0 Å². The molecule has 1 saturated heterocycles. The highest BCUT2D eigenvalue weighted by molar-refractivity contribution is 5.81. The molecule has 3 unspecified atom stereocenters. The maximum atomic E-state index is 11.4. The summed E-state index contributed by atoms with van der Waals surface area (Å²) < 4.78 is 0. The Morgan fingerprint density at radius 1 is 1.21 bits per heavy atom. The molecule has 0 spiro atoms. The molecule has 0 aromatic heterocycles. The van der Waals surface area contributed by atoms with Crippen LogP contribution in [-0.2, 0) is 4.79 Å². The van der Waals surface area contributed by atoms with Crippen LogP contribution in [0.1, 0.15) is 45.4 Å². The van der Waals surface area contributed by atoms with Crippen LogP contribution in [0, 0.1) is 5.92 Å². The Hall–Kier alpha value is -0.370. The summed E-state index contributed by atoms with van der Waals surface area (Å²) in [4.78, 5) is 13.8. The average Bonchev–Trinajstić information content (AvgIpc) is 2.37. The standard InChI is InChI=1S/C12H21NO/c1-9(14)12-8-10-6-4-3-5-7-11(10)13(12)2/h10-12H,3-8H2,1-2H3. The highest BCUT2D eigenvalue weighted by atomic mass is 16.1. The molecule has 14 heavy (non-hydrogen) atoms. The molecule has 1 aliphatic carbocycles. The summed E-state index contributed by atoms with van der Waals surface area (Å²) in [6, 6.07) is 0.925. The van der Waals surface area contributed by atoms with Crippen LogP contribution in [-0.4, -0.2) is 29.8 Å². The van der Waals surface area contributed by atoms with Crippen molar-refractivity contribution in [3.63, 3.8) is 0 Å². The first kappa shape index (κ1) is 10.2. The van der Waals surface area contributed by atoms with E-state index in [-0.39, 0.29) is 6.04 Å². The van der Waals surface area contributed by atoms with Gasteiger partial charge in [0.25, 0.3) is 0 Å². The van der Waals surface area contributed by atoms with E-state index in [9.17, 15) is 4.79 Å². The van der Waals surface area contributed by atoms with Gasteiger partial charge in [-0.1, -0.05) is 19.3 Å². The summed E-state index contributed by atoms with van der Waals surface area (Å²) in [6.07, 6.45) is 7.90. The lowest BCUT2D eigenvalue weighted by molar-refractivity contribution is -0.121. The summed E-state index contributed by atoms with van der Waals surface area (Å²) in [5.41, 5.74) is 0. The molecule has 1 aliphatic heterocycles. The van der Waals surface area contributed by atoms with E-state index in [1.807, 2.05) is 0 Å². The molecule has 0 aromatic rings. The van der Waals surface area contributed by atoms with E-state index >= 15 is 0 Å². The van der Waals surface area contributed by atoms with Crippen LogP contribution in [0.2, 0.25) is 0 Å². The van der Waals surface area contributed by atoms with Crippen molar-refractivity contribution >= 4 is 5.78 Å². The highest BCUT2D eigenvalue weighted by Crippen LogP contribution is 2.37. The zero-order chi connectivity index (χ0) is 10.1. The largest absolute Gasteiger partial charge is 0.298 e. The van der Waals surface area contributed by atoms with Crippen molar-refractivity contribution in [3.05, 3.63) is 0 Å². The Balaban J connectivity index is 2.08. The van der Waals surface area contributed by atoms with E-state index in [1.54, 1.807) is 6.92 Å². The van der Waals surface area contributed by atoms with Gasteiger partial charge >= 0.3 is 0 Å². The van der Waals surface area contributed by atoms with Crippen LogP contribution in [0.15, 0.2) is 0 Å². The molecule has 1 saturated carbocycles. The van der Waals surface area contributed by atoms with E-state index in [2.05, 4.69) is 11.9 Å². The predicted octanol–water partition coefficient (Wildman–Crippen LogP) is 2.23. The van der Waals surface area contributed by atoms with Gasteiger partial charge in [-0.2, -0.15) is 0 Å². The van der Waals surface area contributed by atoms with E-state index in [0.717, 1.165) is 12.3 Å². The normalized spacial score (nSPS) is 39.1. The number of likely N-dealkylation sites (tertiary alicyclic amines) is 1. The van der Waals surface area contributed by atoms with Crippen LogP contribution >= 0.6 is 0 Å². The first-order chi connectivity index (χ1) is 6.70. The quantitative estimate of drug-likeness (QED) is 0.639. The molecule has 2 heteroatoms. The minimum absolute atomic E-state index is 0.225. The van der Waals surface area contributed by atoms with Gasteiger partial charge in [0.05, 0.1) is 6.04 Å². The van der Waals surface area contributed by atoms with Crippen molar-refractivity contribution in [1.82, 2.24) is 4.90 Å². The Labute approximate surface area is 86.7 Å². The molecule has 2 aliphatic rings. The van der Waals surface area contributed by atoms with Crippen molar-refractivity contribution in [1.29, 1.82) is 0 Å². The second-order valence-corrected chi connectivity index (χ2v) is 4.99. The van der Waals surface area contributed by atoms with Crippen molar-refractivity contribution < 1.29 is 4.79 Å². The zero-order valence-electron chi connectivity index (χ0n) is 9.33. The molecule has 0 N–H and O–H groups in total. The third kappa shape index (κ3) is 1.72. The number of likely N-dealkylation sites (N-methyl/N-ethyl adjacent to an activating group) is 1. The van der Waals surface area contributed by atoms with Gasteiger partial charge in [0.1, 0.15) is 5.78 Å². The van der Waals surface area contributed by atoms with Gasteiger partial charge in [0.15, 0.2) is 0 Å². The van der Waals surface area contributed by atoms with Crippen LogP contribution < -0.4 is 0 Å². The monoisotopic (exact) mass is 195 g/mol. The smallest absolute Gasteiger partial charge is 0.146 e. The number of fused-ring (bicyclic) bond motifs is 1. The second kappa shape index (κ2) is 4.01. The van der Waals surface area contributed by atoms with Gasteiger partial charge in [-0.15, -0.1) is 0 Å². The number of hydrogen-bond donors (Lipinski definition) is 0. The Kier molecular flexibility index (Phi) is 2.91. The molecule has 2 nitrogen and oxygen atoms in total. The van der Waals surface area contributed by atoms with Gasteiger partial charge in [-0.05, 0) is 39.2 Å². The van der Waals surface area contributed by atoms with Crippen molar-refractivity contribution in [3.8, 4) is 0 Å². The minimum atomic E-state index is 0.225. The number of carbonyl (C=O) groups is 1. The molecule has 0 radical (unpaired) electrons. The van der Waals surface area contributed by atoms with Crippen molar-refractivity contribution in [2.45, 2.75) is 57.5 Å². The number of hydrogen-bond acceptors (Lipinski definition) is 2. The van der Waals surface area contributed by atoms with E-state index in [4.69, 9.17) is 0 Å². The number of nitrogens with zero attached hydrogens (tertiary/aromatic N) is 1. The van der Waals surface area contributed by atoms with E-state index < -0.39 is 0 Å². The average molecular weight is 195 g/mol. The fourth-order valence-corrected chi connectivity index (χ4v) is 3.31. The first-order valence-electron chi connectivity index (χ1n) is 5.92. The van der Waals surface area contributed by atoms with Crippen LogP contribution in [0.3, 0.4) is 0 Å². The minimum Gasteiger partial charge on any atom is -0.298 e. The van der Waals surface area contributed by atoms with Crippen molar-refractivity contribution in [2.75, 3.05) is 7.05 Å². The number of rotatable bonds is 1. The van der Waals surface area contributed by atoms with E-state index in [1.165, 1.54) is 32.1 Å². The second-order valence-electron chi connectivity index (χ2n) is 4.99. The lowest BCUT2D eigenvalue weighted by Gasteiger charge is -2.25. The Morgan fingerprint density at radius 2 is 1.93 bits per heavy atom. The summed E-state index contributed by atoms with van der Waals surface area (Å²) in [5, 5.41) is 0. The lowest BCUT2D eigenvalue weighted by atomic mass is 9.94. The molecule has 2 fully saturated rings. The fraction of sp³-hybridized carbons (Fsp3) is 0.917. The number of Topliss-reactive ketones (excluding diaryl/α,β-unsaturated/α-hetero) is 1. The SMILES string of the molecule is CC(=O)C1CC2CCCCCC2N1C. The molecular weight excluding hydrogens is 174 g/mol. The Morgan fingerprint density at radius 3 is 2.64 bits per heavy atom. The van der Waals surface area contributed by atoms with Gasteiger partial charge in [-0.3, -0.25) is 9.69 Å². The summed E-state index contributed by atoms with van der Waals surface area (Å²) in [7, 11) is 2.14. The van der Waals surface area contributed by atoms with Crippen LogP contribution in [0.4, 0.5) is 0 Å². The molecule has 0 amide bonds. The number of carbonyl (C=O) groups excluding carboxylic acids is 1. The molecule has 80 valence electrons. The summed E-state index contributed by atoms with van der Waals surface area (Å²) >= 11 is 0. The van der Waals surface area contributed by atoms with Gasteiger partial charge < -0.3 is 0 Å². The van der Waals surface area contributed by atoms with Crippen LogP contribution in [0.5, 0.6) is 0 Å². The third-order valence-electron chi connectivity index (χ3n) is 4.13. The first-order valence-corrected chi connectivity index (χ1v) is 5.92. The fourth-order valence-electron chi connectivity index (χ4n) is 3.31. The predicted molar refractivity (Wildman–Crippen MR) is 57.2 cm³/mol. The zero-order valence-corrected chi connectivity index (χ0v) is 9.33. The maximum Gasteiger partial charge on any atom is 0.146 e. The molecular formula is C12H21NO. The molecule has 1 heterocycles. The van der Waals surface area contributed by atoms with Gasteiger partial charge in [0.2, 0.25) is 0 Å². The van der Waals surface area contributed by atoms with Gasteiger partial charge in [-0.25, -0.2) is 0 Å². The molecule has 3 atom stereocenters. The molecule has 2 rings (SSSR count). The van der Waals surface area contributed by atoms with Crippen molar-refractivity contribution in [2.24, 2.45) is 5.92 Å².